The minimum absolute atomic E-state index is 0.0535. The molecule has 1 unspecified atom stereocenters. The fourth-order valence-corrected chi connectivity index (χ4v) is 11.6. The second kappa shape index (κ2) is 27.0. The molecule has 0 aliphatic carbocycles. The molecule has 3 saturated heterocycles. The third-order valence-electron chi connectivity index (χ3n) is 15.6. The summed E-state index contributed by atoms with van der Waals surface area (Å²) in [6, 6.07) is 11.9. The number of primary amides is 1. The number of hydrogen-bond acceptors (Lipinski definition) is 11. The van der Waals surface area contributed by atoms with Gasteiger partial charge >= 0.3 is 13.3 Å². The fraction of sp³-hybridized carbons (Fsp3) is 0.466. The molecule has 0 radical (unpaired) electrons. The maximum atomic E-state index is 14.5. The third kappa shape index (κ3) is 14.9. The van der Waals surface area contributed by atoms with Gasteiger partial charge in [-0.25, -0.2) is 0 Å². The summed E-state index contributed by atoms with van der Waals surface area (Å²) < 4.78 is 40.6. The average Bonchev–Trinajstić information content (AvgIpc) is 4.27. The molecule has 10 N–H and O–H groups in total. The van der Waals surface area contributed by atoms with Crippen molar-refractivity contribution in [2.45, 2.75) is 145 Å². The predicted octanol–water partition coefficient (Wildman–Crippen LogP) is 3.85. The first-order valence-electron chi connectivity index (χ1n) is 28.0. The predicted molar refractivity (Wildman–Crippen MR) is 298 cm³/mol. The van der Waals surface area contributed by atoms with Gasteiger partial charge in [-0.1, -0.05) is 86.4 Å². The van der Waals surface area contributed by atoms with Crippen LogP contribution in [0.3, 0.4) is 0 Å². The molecular weight excluding hydrogens is 1100 g/mol. The number of hydrogen-bond donors (Lipinski definition) is 9. The summed E-state index contributed by atoms with van der Waals surface area (Å²) in [6.45, 7) is 1.35. The van der Waals surface area contributed by atoms with E-state index in [2.05, 4.69) is 43.4 Å². The van der Waals surface area contributed by atoms with E-state index in [0.29, 0.717) is 50.0 Å². The van der Waals surface area contributed by atoms with E-state index in [1.165, 1.54) is 15.9 Å². The van der Waals surface area contributed by atoms with Crippen LogP contribution in [-0.2, 0) is 50.3 Å². The van der Waals surface area contributed by atoms with Crippen molar-refractivity contribution in [2.75, 3.05) is 26.7 Å². The second-order valence-corrected chi connectivity index (χ2v) is 23.3. The van der Waals surface area contributed by atoms with E-state index in [-0.39, 0.29) is 73.5 Å². The van der Waals surface area contributed by atoms with Crippen molar-refractivity contribution in [3.05, 3.63) is 106 Å². The Morgan fingerprint density at radius 3 is 2.33 bits per heavy atom. The van der Waals surface area contributed by atoms with Gasteiger partial charge in [-0.2, -0.15) is 8.78 Å². The van der Waals surface area contributed by atoms with Crippen LogP contribution in [0.5, 0.6) is 0 Å². The molecule has 8 rings (SSSR count). The third-order valence-corrected chi connectivity index (χ3v) is 16.6. The van der Waals surface area contributed by atoms with Crippen molar-refractivity contribution in [3.63, 3.8) is 0 Å². The van der Waals surface area contributed by atoms with Crippen LogP contribution in [0.2, 0.25) is 0 Å². The van der Waals surface area contributed by atoms with Gasteiger partial charge in [0.15, 0.2) is 0 Å². The molecule has 9 amide bonds. The van der Waals surface area contributed by atoms with Gasteiger partial charge in [0.25, 0.3) is 11.8 Å². The summed E-state index contributed by atoms with van der Waals surface area (Å²) in [5.41, 5.74) is 2.67. The minimum atomic E-state index is -5.87. The molecule has 22 nitrogen and oxygen atoms in total. The fourth-order valence-electron chi connectivity index (χ4n) is 11.1. The lowest BCUT2D eigenvalue weighted by Gasteiger charge is -2.38. The highest BCUT2D eigenvalue weighted by Crippen LogP contribution is 2.59. The molecule has 6 atom stereocenters. The van der Waals surface area contributed by atoms with Crippen LogP contribution >= 0.6 is 7.60 Å². The zero-order valence-corrected chi connectivity index (χ0v) is 46.8. The molecule has 83 heavy (non-hydrogen) atoms. The van der Waals surface area contributed by atoms with Crippen LogP contribution < -0.4 is 32.3 Å². The van der Waals surface area contributed by atoms with Gasteiger partial charge < -0.3 is 56.5 Å². The van der Waals surface area contributed by atoms with Crippen LogP contribution in [0.15, 0.2) is 72.8 Å². The first-order chi connectivity index (χ1) is 39.6. The molecule has 0 bridgehead atoms. The standard InChI is InChI=1S/C58H69F2N10O12P/c1-68-30-28-44(65-52(74)45-32-37-31-38(20-22-42(37)63-45)58(59,60)83(80,81)82)57(79)70-39(33-68)21-24-47(70)54(76)64-43(23-26-48(61)71)51(73)67-50(36-16-11-9-12-17-36)55(77)62-29-13-8-6-4-2-3-5-7-10-15-35-18-14-19-40-41(35)34-69(56(40)78)46-25-27-49(72)66-53(46)75/h9,11-12,14,16-20,22,31-32,39,43-44,46-47,50,63H,2-8,13,21,23-30,33-34H2,1H3,(H2,61,71)(H,62,77)(H,64,76)(H,65,74)(H,67,73)(H,66,72,75)(H2,80,81,82)/t39-,43+,44+,46?,47+,50+/m1/s1. The zero-order chi connectivity index (χ0) is 59.6. The molecule has 1 aromatic heterocycles. The number of alkyl halides is 2. The van der Waals surface area contributed by atoms with E-state index < -0.39 is 96.4 Å². The Morgan fingerprint density at radius 1 is 0.867 bits per heavy atom. The normalized spacial score (nSPS) is 20.0. The van der Waals surface area contributed by atoms with E-state index in [1.807, 2.05) is 18.0 Å². The van der Waals surface area contributed by atoms with Gasteiger partial charge in [0.2, 0.25) is 41.4 Å². The number of rotatable bonds is 23. The monoisotopic (exact) mass is 1170 g/mol. The molecule has 0 saturated carbocycles. The average molecular weight is 1170 g/mol. The molecule has 4 aliphatic heterocycles. The summed E-state index contributed by atoms with van der Waals surface area (Å²) in [6.07, 6.45) is 7.58. The smallest absolute Gasteiger partial charge is 0.370 e. The van der Waals surface area contributed by atoms with Gasteiger partial charge in [0, 0.05) is 79.1 Å². The largest absolute Gasteiger partial charge is 0.399 e. The highest BCUT2D eigenvalue weighted by molar-refractivity contribution is 7.52. The lowest BCUT2D eigenvalue weighted by atomic mass is 10.0. The number of nitrogens with one attached hydrogen (secondary N) is 6. The van der Waals surface area contributed by atoms with Crippen LogP contribution in [0.1, 0.15) is 145 Å². The van der Waals surface area contributed by atoms with E-state index in [4.69, 9.17) is 5.73 Å². The minimum Gasteiger partial charge on any atom is -0.370 e. The summed E-state index contributed by atoms with van der Waals surface area (Å²) >= 11 is 0. The number of unbranched alkanes of at least 4 members (excludes halogenated alkanes) is 7. The van der Waals surface area contributed by atoms with Gasteiger partial charge in [0.1, 0.15) is 35.9 Å². The number of benzene rings is 3. The maximum absolute atomic E-state index is 14.5. The Balaban J connectivity index is 0.814. The van der Waals surface area contributed by atoms with E-state index in [1.54, 1.807) is 42.5 Å². The first-order valence-corrected chi connectivity index (χ1v) is 29.6. The van der Waals surface area contributed by atoms with Crippen LogP contribution in [0.25, 0.3) is 10.9 Å². The number of amides is 9. The molecule has 5 heterocycles. The molecule has 0 spiro atoms. The number of carbonyl (C=O) groups is 9. The number of carbonyl (C=O) groups excluding carboxylic acids is 9. The number of nitrogens with two attached hydrogens (primary N) is 1. The Bertz CT molecular complexity index is 3250. The van der Waals surface area contributed by atoms with Crippen LogP contribution in [0, 0.1) is 11.8 Å². The second-order valence-electron chi connectivity index (χ2n) is 21.6. The first kappa shape index (κ1) is 61.2. The zero-order valence-electron chi connectivity index (χ0n) is 45.9. The van der Waals surface area contributed by atoms with Gasteiger partial charge in [-0.3, -0.25) is 53.0 Å². The Morgan fingerprint density at radius 2 is 1.60 bits per heavy atom. The maximum Gasteiger partial charge on any atom is 0.399 e. The summed E-state index contributed by atoms with van der Waals surface area (Å²) in [5, 5.41) is 13.5. The van der Waals surface area contributed by atoms with Crippen molar-refractivity contribution < 1.29 is 66.3 Å². The van der Waals surface area contributed by atoms with Gasteiger partial charge in [-0.05, 0) is 93.5 Å². The molecule has 25 heteroatoms. The molecular formula is C58H69F2N10O12P. The van der Waals surface area contributed by atoms with Crippen LogP contribution in [-0.4, -0.2) is 140 Å². The highest BCUT2D eigenvalue weighted by atomic mass is 31.2. The Labute approximate surface area is 477 Å². The Kier molecular flexibility index (Phi) is 19.9. The number of aromatic amines is 1. The molecule has 4 aliphatic rings. The van der Waals surface area contributed by atoms with Crippen molar-refractivity contribution in [3.8, 4) is 11.8 Å². The van der Waals surface area contributed by atoms with Crippen molar-refractivity contribution >= 4 is 71.7 Å². The van der Waals surface area contributed by atoms with Crippen LogP contribution in [0.4, 0.5) is 8.78 Å². The van der Waals surface area contributed by atoms with Crippen molar-refractivity contribution in [2.24, 2.45) is 5.73 Å². The lowest BCUT2D eigenvalue weighted by molar-refractivity contribution is -0.144. The van der Waals surface area contributed by atoms with Crippen molar-refractivity contribution in [1.82, 2.24) is 46.3 Å². The number of fused-ring (bicyclic) bond motifs is 3. The van der Waals surface area contributed by atoms with Crippen molar-refractivity contribution in [1.29, 1.82) is 0 Å². The number of halogens is 2. The number of H-pyrrole nitrogens is 1. The highest BCUT2D eigenvalue weighted by Gasteiger charge is 2.51. The topological polar surface area (TPSA) is 323 Å². The molecule has 3 aromatic carbocycles. The molecule has 442 valence electrons. The quantitative estimate of drug-likeness (QED) is 0.0221. The molecule has 4 aromatic rings. The summed E-state index contributed by atoms with van der Waals surface area (Å²) in [5.74, 6) is 1.32. The number of piperidine rings is 1. The number of aromatic nitrogens is 1. The number of imide groups is 1. The molecule has 3 fully saturated rings. The summed E-state index contributed by atoms with van der Waals surface area (Å²) in [7, 11) is -4.05. The van der Waals surface area contributed by atoms with E-state index >= 15 is 0 Å². The number of nitrogens with zero attached hydrogens (tertiary/aromatic N) is 3. The Hall–Kier alpha value is -7.84. The van der Waals surface area contributed by atoms with Gasteiger partial charge in [-0.15, -0.1) is 0 Å². The van der Waals surface area contributed by atoms with E-state index in [9.17, 15) is 66.3 Å². The number of likely N-dealkylation sites (N-methyl/N-ethyl adjacent to an activating group) is 1. The van der Waals surface area contributed by atoms with Gasteiger partial charge in [0.05, 0.1) is 0 Å². The summed E-state index contributed by atoms with van der Waals surface area (Å²) in [4.78, 5) is 146. The lowest BCUT2D eigenvalue weighted by Crippen LogP contribution is -2.60. The SMILES string of the molecule is CN1CC[C@H](NC(=O)c2cc3cc(C(F)(F)P(=O)(O)O)ccc3[nH]2)C(=O)N2[C@H](CC[C@H]2C(=O)N[C@@H](CCC(N)=O)C(=O)N[C@H](C(=O)NCCCCCCCCCC#Cc2cccc3c2CN(C2CCC(=O)NC2=O)C3=O)c2ccccc2)C1. The van der Waals surface area contributed by atoms with E-state index in [0.717, 1.165) is 67.9 Å².